The molecule has 0 saturated carbocycles. The molecule has 2 rings (SSSR count). The van der Waals surface area contributed by atoms with Crippen LogP contribution >= 0.6 is 11.6 Å². The van der Waals surface area contributed by atoms with Crippen LogP contribution in [0.5, 0.6) is 0 Å². The van der Waals surface area contributed by atoms with Gasteiger partial charge in [-0.1, -0.05) is 54.1 Å². The molecule has 0 saturated heterocycles. The van der Waals surface area contributed by atoms with E-state index < -0.39 is 0 Å². The van der Waals surface area contributed by atoms with Crippen molar-refractivity contribution in [3.8, 4) is 0 Å². The molecular formula is C19H21ClN2O2. The summed E-state index contributed by atoms with van der Waals surface area (Å²) in [4.78, 5) is 23.8. The second-order valence-electron chi connectivity index (χ2n) is 5.61. The summed E-state index contributed by atoms with van der Waals surface area (Å²) < 4.78 is 0. The number of hydrogen-bond donors (Lipinski definition) is 2. The van der Waals surface area contributed by atoms with Crippen molar-refractivity contribution in [3.05, 3.63) is 70.7 Å². The zero-order chi connectivity index (χ0) is 17.4. The van der Waals surface area contributed by atoms with Gasteiger partial charge in [0.2, 0.25) is 11.8 Å². The average Bonchev–Trinajstić information content (AvgIpc) is 2.55. The van der Waals surface area contributed by atoms with Gasteiger partial charge in [-0.2, -0.15) is 0 Å². The number of halogens is 1. The third-order valence-electron chi connectivity index (χ3n) is 3.61. The van der Waals surface area contributed by atoms with Crippen LogP contribution in [-0.4, -0.2) is 18.4 Å². The van der Waals surface area contributed by atoms with Crippen LogP contribution in [0.3, 0.4) is 0 Å². The van der Waals surface area contributed by atoms with Crippen molar-refractivity contribution >= 4 is 23.4 Å². The Morgan fingerprint density at radius 2 is 1.79 bits per heavy atom. The van der Waals surface area contributed by atoms with Crippen LogP contribution in [0, 0.1) is 0 Å². The summed E-state index contributed by atoms with van der Waals surface area (Å²) in [6.07, 6.45) is 0.562. The van der Waals surface area contributed by atoms with E-state index in [1.54, 1.807) is 6.07 Å². The lowest BCUT2D eigenvalue weighted by Crippen LogP contribution is -2.32. The number of amides is 2. The first-order chi connectivity index (χ1) is 11.5. The Balaban J connectivity index is 1.70. The monoisotopic (exact) mass is 344 g/mol. The number of carbonyl (C=O) groups is 2. The quantitative estimate of drug-likeness (QED) is 0.810. The Morgan fingerprint density at radius 3 is 2.50 bits per heavy atom. The molecule has 1 atom stereocenters. The molecule has 0 aromatic heterocycles. The predicted octanol–water partition coefficient (Wildman–Crippen LogP) is 3.27. The van der Waals surface area contributed by atoms with Gasteiger partial charge in [-0.3, -0.25) is 9.59 Å². The van der Waals surface area contributed by atoms with Crippen molar-refractivity contribution in [2.24, 2.45) is 0 Å². The molecule has 0 bridgehead atoms. The number of benzene rings is 2. The summed E-state index contributed by atoms with van der Waals surface area (Å²) in [5.41, 5.74) is 1.90. The van der Waals surface area contributed by atoms with Gasteiger partial charge in [-0.25, -0.2) is 0 Å². The highest BCUT2D eigenvalue weighted by Crippen LogP contribution is 2.17. The number of rotatable bonds is 7. The molecule has 0 aliphatic rings. The SMILES string of the molecule is CC(NC(=O)CCNC(=O)Cc1ccccc1)c1cccc(Cl)c1. The standard InChI is InChI=1S/C19H21ClN2O2/c1-14(16-8-5-9-17(20)13-16)22-18(23)10-11-21-19(24)12-15-6-3-2-4-7-15/h2-9,13-14H,10-12H2,1H3,(H,21,24)(H,22,23). The van der Waals surface area contributed by atoms with E-state index in [9.17, 15) is 9.59 Å². The van der Waals surface area contributed by atoms with Crippen molar-refractivity contribution in [1.29, 1.82) is 0 Å². The fourth-order valence-electron chi connectivity index (χ4n) is 2.33. The van der Waals surface area contributed by atoms with Gasteiger partial charge in [-0.05, 0) is 30.2 Å². The first-order valence-corrected chi connectivity index (χ1v) is 8.28. The van der Waals surface area contributed by atoms with Crippen molar-refractivity contribution in [2.75, 3.05) is 6.54 Å². The van der Waals surface area contributed by atoms with Gasteiger partial charge in [0, 0.05) is 18.0 Å². The van der Waals surface area contributed by atoms with E-state index in [-0.39, 0.29) is 24.3 Å². The lowest BCUT2D eigenvalue weighted by atomic mass is 10.1. The van der Waals surface area contributed by atoms with Crippen LogP contribution in [0.2, 0.25) is 5.02 Å². The fraction of sp³-hybridized carbons (Fsp3) is 0.263. The smallest absolute Gasteiger partial charge is 0.224 e. The van der Waals surface area contributed by atoms with E-state index in [4.69, 9.17) is 11.6 Å². The van der Waals surface area contributed by atoms with Gasteiger partial charge >= 0.3 is 0 Å². The average molecular weight is 345 g/mol. The van der Waals surface area contributed by atoms with Crippen LogP contribution < -0.4 is 10.6 Å². The zero-order valence-electron chi connectivity index (χ0n) is 13.6. The maximum absolute atomic E-state index is 12.0. The van der Waals surface area contributed by atoms with E-state index in [0.29, 0.717) is 18.0 Å². The Kier molecular flexibility index (Phi) is 6.82. The molecular weight excluding hydrogens is 324 g/mol. The van der Waals surface area contributed by atoms with Crippen LogP contribution in [0.1, 0.15) is 30.5 Å². The van der Waals surface area contributed by atoms with Crippen LogP contribution in [0.25, 0.3) is 0 Å². The normalized spacial score (nSPS) is 11.6. The van der Waals surface area contributed by atoms with Gasteiger partial charge < -0.3 is 10.6 Å². The van der Waals surface area contributed by atoms with Crippen LogP contribution in [0.15, 0.2) is 54.6 Å². The molecule has 4 nitrogen and oxygen atoms in total. The Labute approximate surface area is 147 Å². The van der Waals surface area contributed by atoms with Crippen molar-refractivity contribution in [1.82, 2.24) is 10.6 Å². The lowest BCUT2D eigenvalue weighted by Gasteiger charge is -2.14. The minimum atomic E-state index is -0.128. The summed E-state index contributed by atoms with van der Waals surface area (Å²) in [5, 5.41) is 6.30. The molecule has 2 amide bonds. The molecule has 2 aromatic rings. The summed E-state index contributed by atoms with van der Waals surface area (Å²) in [6, 6.07) is 16.8. The largest absolute Gasteiger partial charge is 0.355 e. The van der Waals surface area contributed by atoms with E-state index in [0.717, 1.165) is 11.1 Å². The minimum Gasteiger partial charge on any atom is -0.355 e. The lowest BCUT2D eigenvalue weighted by molar-refractivity contribution is -0.122. The van der Waals surface area contributed by atoms with Crippen LogP contribution in [0.4, 0.5) is 0 Å². The molecule has 0 fully saturated rings. The first kappa shape index (κ1) is 18.0. The third-order valence-corrected chi connectivity index (χ3v) is 3.84. The summed E-state index contributed by atoms with van der Waals surface area (Å²) in [6.45, 7) is 2.22. The fourth-order valence-corrected chi connectivity index (χ4v) is 2.53. The highest BCUT2D eigenvalue weighted by atomic mass is 35.5. The topological polar surface area (TPSA) is 58.2 Å². The van der Waals surface area contributed by atoms with Crippen molar-refractivity contribution in [2.45, 2.75) is 25.8 Å². The molecule has 2 N–H and O–H groups in total. The minimum absolute atomic E-state index is 0.0862. The summed E-state index contributed by atoms with van der Waals surface area (Å²) >= 11 is 5.95. The van der Waals surface area contributed by atoms with E-state index in [2.05, 4.69) is 10.6 Å². The maximum atomic E-state index is 12.0. The molecule has 5 heteroatoms. The second kappa shape index (κ2) is 9.08. The molecule has 0 heterocycles. The molecule has 1 unspecified atom stereocenters. The van der Waals surface area contributed by atoms with E-state index in [1.165, 1.54) is 0 Å². The predicted molar refractivity (Wildman–Crippen MR) is 95.8 cm³/mol. The van der Waals surface area contributed by atoms with Crippen molar-refractivity contribution in [3.63, 3.8) is 0 Å². The molecule has 0 aliphatic heterocycles. The Bertz CT molecular complexity index is 689. The Morgan fingerprint density at radius 1 is 1.04 bits per heavy atom. The van der Waals surface area contributed by atoms with E-state index >= 15 is 0 Å². The van der Waals surface area contributed by atoms with Gasteiger partial charge in [0.15, 0.2) is 0 Å². The highest BCUT2D eigenvalue weighted by Gasteiger charge is 2.10. The third kappa shape index (κ3) is 6.05. The molecule has 2 aromatic carbocycles. The zero-order valence-corrected chi connectivity index (χ0v) is 14.3. The van der Waals surface area contributed by atoms with E-state index in [1.807, 2.05) is 55.5 Å². The van der Waals surface area contributed by atoms with Crippen LogP contribution in [-0.2, 0) is 16.0 Å². The second-order valence-corrected chi connectivity index (χ2v) is 6.04. The summed E-state index contributed by atoms with van der Waals surface area (Å²) in [7, 11) is 0. The molecule has 0 aliphatic carbocycles. The molecule has 0 radical (unpaired) electrons. The maximum Gasteiger partial charge on any atom is 0.224 e. The molecule has 126 valence electrons. The number of carbonyl (C=O) groups excluding carboxylic acids is 2. The van der Waals surface area contributed by atoms with Crippen molar-refractivity contribution < 1.29 is 9.59 Å². The Hall–Kier alpha value is -2.33. The van der Waals surface area contributed by atoms with Gasteiger partial charge in [0.1, 0.15) is 0 Å². The van der Waals surface area contributed by atoms with Gasteiger partial charge in [0.25, 0.3) is 0 Å². The number of nitrogens with one attached hydrogen (secondary N) is 2. The van der Waals surface area contributed by atoms with Gasteiger partial charge in [0.05, 0.1) is 12.5 Å². The summed E-state index contributed by atoms with van der Waals surface area (Å²) in [5.74, 6) is -0.195. The molecule has 0 spiro atoms. The number of hydrogen-bond acceptors (Lipinski definition) is 2. The highest BCUT2D eigenvalue weighted by molar-refractivity contribution is 6.30. The first-order valence-electron chi connectivity index (χ1n) is 7.90. The molecule has 24 heavy (non-hydrogen) atoms. The van der Waals surface area contributed by atoms with Gasteiger partial charge in [-0.15, -0.1) is 0 Å².